The molecule has 4 aromatic rings. The molecule has 1 atom stereocenters. The maximum Gasteiger partial charge on any atom is 0.263 e. The highest BCUT2D eigenvalue weighted by atomic mass is 35.5. The molecule has 0 N–H and O–H groups in total. The van der Waals surface area contributed by atoms with E-state index in [9.17, 15) is 9.59 Å². The molecular weight excluding hydrogens is 418 g/mol. The summed E-state index contributed by atoms with van der Waals surface area (Å²) in [5.74, 6) is -0.155. The lowest BCUT2D eigenvalue weighted by molar-refractivity contribution is -0.132. The molecule has 0 spiro atoms. The lowest BCUT2D eigenvalue weighted by atomic mass is 10.1. The van der Waals surface area contributed by atoms with Gasteiger partial charge in [0.15, 0.2) is 0 Å². The van der Waals surface area contributed by atoms with Crippen molar-refractivity contribution in [3.05, 3.63) is 87.2 Å². The van der Waals surface area contributed by atoms with Crippen LogP contribution in [0, 0.1) is 0 Å². The highest BCUT2D eigenvalue weighted by Gasteiger charge is 2.20. The van der Waals surface area contributed by atoms with E-state index in [1.54, 1.807) is 24.1 Å². The average molecular weight is 438 g/mol. The van der Waals surface area contributed by atoms with E-state index in [-0.39, 0.29) is 24.1 Å². The fourth-order valence-electron chi connectivity index (χ4n) is 3.35. The van der Waals surface area contributed by atoms with E-state index in [0.717, 1.165) is 16.7 Å². The number of carbonyl (C=O) groups is 1. The van der Waals surface area contributed by atoms with E-state index in [1.807, 2.05) is 54.8 Å². The highest BCUT2D eigenvalue weighted by Crippen LogP contribution is 2.31. The van der Waals surface area contributed by atoms with Crippen LogP contribution in [0.15, 0.2) is 71.1 Å². The molecule has 0 saturated carbocycles. The molecule has 2 aromatic heterocycles. The zero-order chi connectivity index (χ0) is 21.3. The average Bonchev–Trinajstić information content (AvgIpc) is 3.20. The van der Waals surface area contributed by atoms with Gasteiger partial charge in [0.1, 0.15) is 11.4 Å². The van der Waals surface area contributed by atoms with Gasteiger partial charge in [0.05, 0.1) is 17.8 Å². The Morgan fingerprint density at radius 2 is 1.87 bits per heavy atom. The number of rotatable bonds is 5. The fourth-order valence-corrected chi connectivity index (χ4v) is 4.38. The molecule has 0 fully saturated rings. The summed E-state index contributed by atoms with van der Waals surface area (Å²) in [6.45, 7) is 1.90. The summed E-state index contributed by atoms with van der Waals surface area (Å²) < 4.78 is 1.38. The van der Waals surface area contributed by atoms with E-state index < -0.39 is 0 Å². The van der Waals surface area contributed by atoms with Gasteiger partial charge in [0.2, 0.25) is 5.91 Å². The van der Waals surface area contributed by atoms with Crippen LogP contribution in [-0.4, -0.2) is 27.4 Å². The number of amides is 1. The minimum atomic E-state index is -0.222. The Kier molecular flexibility index (Phi) is 5.70. The summed E-state index contributed by atoms with van der Waals surface area (Å²) in [6.07, 6.45) is 1.45. The molecule has 0 radical (unpaired) electrons. The number of likely N-dealkylation sites (N-methyl/N-ethyl adjacent to an activating group) is 1. The third-order valence-corrected chi connectivity index (χ3v) is 6.42. The predicted molar refractivity (Wildman–Crippen MR) is 122 cm³/mol. The van der Waals surface area contributed by atoms with Crippen molar-refractivity contribution >= 4 is 39.1 Å². The normalized spacial score (nSPS) is 12.1. The molecule has 2 heterocycles. The molecule has 5 nitrogen and oxygen atoms in total. The van der Waals surface area contributed by atoms with Gasteiger partial charge in [-0.1, -0.05) is 54.1 Å². The van der Waals surface area contributed by atoms with Crippen molar-refractivity contribution in [3.8, 4) is 11.1 Å². The number of hydrogen-bond donors (Lipinski definition) is 0. The standard InChI is InChI=1S/C23H20ClN3O2S/c1-15(16-6-4-3-5-7-16)26(2)20(28)12-27-14-25-22-21(23(27)29)19(13-30-22)17-8-10-18(24)11-9-17/h3-11,13-15H,12H2,1-2H3. The number of halogens is 1. The maximum atomic E-state index is 13.2. The zero-order valence-corrected chi connectivity index (χ0v) is 18.2. The summed E-state index contributed by atoms with van der Waals surface area (Å²) in [6, 6.07) is 17.0. The number of thiophene rings is 1. The van der Waals surface area contributed by atoms with Crippen LogP contribution in [0.3, 0.4) is 0 Å². The SMILES string of the molecule is CC(c1ccccc1)N(C)C(=O)Cn1cnc2scc(-c3ccc(Cl)cc3)c2c1=O. The molecule has 1 unspecified atom stereocenters. The van der Waals surface area contributed by atoms with Crippen LogP contribution in [0.1, 0.15) is 18.5 Å². The Hall–Kier alpha value is -2.96. The summed E-state index contributed by atoms with van der Waals surface area (Å²) >= 11 is 7.40. The Morgan fingerprint density at radius 3 is 2.57 bits per heavy atom. The lowest BCUT2D eigenvalue weighted by Crippen LogP contribution is -2.35. The van der Waals surface area contributed by atoms with Crippen molar-refractivity contribution in [3.63, 3.8) is 0 Å². The Morgan fingerprint density at radius 1 is 1.17 bits per heavy atom. The highest BCUT2D eigenvalue weighted by molar-refractivity contribution is 7.17. The van der Waals surface area contributed by atoms with Crippen LogP contribution < -0.4 is 5.56 Å². The number of hydrogen-bond acceptors (Lipinski definition) is 4. The minimum Gasteiger partial charge on any atom is -0.337 e. The first kappa shape index (κ1) is 20.3. The van der Waals surface area contributed by atoms with Gasteiger partial charge in [-0.2, -0.15) is 0 Å². The van der Waals surface area contributed by atoms with Crippen molar-refractivity contribution in [2.75, 3.05) is 7.05 Å². The second kappa shape index (κ2) is 8.42. The van der Waals surface area contributed by atoms with Gasteiger partial charge in [0.25, 0.3) is 5.56 Å². The maximum absolute atomic E-state index is 13.2. The second-order valence-corrected chi connectivity index (χ2v) is 8.40. The zero-order valence-electron chi connectivity index (χ0n) is 16.6. The third kappa shape index (κ3) is 3.88. The van der Waals surface area contributed by atoms with Gasteiger partial charge in [-0.15, -0.1) is 11.3 Å². The molecule has 7 heteroatoms. The molecule has 0 saturated heterocycles. The minimum absolute atomic E-state index is 0.0641. The van der Waals surface area contributed by atoms with E-state index in [4.69, 9.17) is 11.6 Å². The molecule has 0 aliphatic rings. The van der Waals surface area contributed by atoms with Gasteiger partial charge in [-0.25, -0.2) is 4.98 Å². The van der Waals surface area contributed by atoms with Crippen LogP contribution in [0.5, 0.6) is 0 Å². The van der Waals surface area contributed by atoms with Crippen molar-refractivity contribution in [2.45, 2.75) is 19.5 Å². The Balaban J connectivity index is 1.64. The number of benzene rings is 2. The first-order chi connectivity index (χ1) is 14.5. The van der Waals surface area contributed by atoms with Crippen LogP contribution in [0.25, 0.3) is 21.3 Å². The number of nitrogens with zero attached hydrogens (tertiary/aromatic N) is 3. The van der Waals surface area contributed by atoms with Crippen LogP contribution in [-0.2, 0) is 11.3 Å². The van der Waals surface area contributed by atoms with Crippen LogP contribution in [0.2, 0.25) is 5.02 Å². The van der Waals surface area contributed by atoms with Crippen molar-refractivity contribution in [1.29, 1.82) is 0 Å². The van der Waals surface area contributed by atoms with Crippen molar-refractivity contribution < 1.29 is 4.79 Å². The van der Waals surface area contributed by atoms with Gasteiger partial charge < -0.3 is 4.90 Å². The molecule has 30 heavy (non-hydrogen) atoms. The quantitative estimate of drug-likeness (QED) is 0.441. The first-order valence-electron chi connectivity index (χ1n) is 9.49. The molecule has 0 aliphatic carbocycles. The molecule has 1 amide bonds. The van der Waals surface area contributed by atoms with Gasteiger partial charge in [-0.3, -0.25) is 14.2 Å². The fraction of sp³-hybridized carbons (Fsp3) is 0.174. The molecule has 0 bridgehead atoms. The van der Waals surface area contributed by atoms with Gasteiger partial charge in [0, 0.05) is 23.0 Å². The number of aromatic nitrogens is 2. The summed E-state index contributed by atoms with van der Waals surface area (Å²) in [5.41, 5.74) is 2.51. The van der Waals surface area contributed by atoms with Crippen LogP contribution >= 0.6 is 22.9 Å². The van der Waals surface area contributed by atoms with Crippen molar-refractivity contribution in [2.24, 2.45) is 0 Å². The molecule has 152 valence electrons. The van der Waals surface area contributed by atoms with Crippen LogP contribution in [0.4, 0.5) is 0 Å². The smallest absolute Gasteiger partial charge is 0.263 e. The van der Waals surface area contributed by atoms with E-state index in [0.29, 0.717) is 15.2 Å². The van der Waals surface area contributed by atoms with E-state index in [1.165, 1.54) is 22.2 Å². The summed E-state index contributed by atoms with van der Waals surface area (Å²) in [4.78, 5) is 32.8. The summed E-state index contributed by atoms with van der Waals surface area (Å²) in [7, 11) is 1.75. The lowest BCUT2D eigenvalue weighted by Gasteiger charge is -2.25. The van der Waals surface area contributed by atoms with Crippen molar-refractivity contribution in [1.82, 2.24) is 14.5 Å². The number of fused-ring (bicyclic) bond motifs is 1. The first-order valence-corrected chi connectivity index (χ1v) is 10.7. The largest absolute Gasteiger partial charge is 0.337 e. The number of carbonyl (C=O) groups excluding carboxylic acids is 1. The predicted octanol–water partition coefficient (Wildman–Crippen LogP) is 5.00. The summed E-state index contributed by atoms with van der Waals surface area (Å²) in [5, 5.41) is 3.07. The Bertz CT molecular complexity index is 1250. The Labute approximate surface area is 183 Å². The van der Waals surface area contributed by atoms with Gasteiger partial charge >= 0.3 is 0 Å². The molecule has 2 aromatic carbocycles. The molecular formula is C23H20ClN3O2S. The molecule has 0 aliphatic heterocycles. The van der Waals surface area contributed by atoms with E-state index in [2.05, 4.69) is 4.98 Å². The third-order valence-electron chi connectivity index (χ3n) is 5.28. The molecule has 4 rings (SSSR count). The topological polar surface area (TPSA) is 55.2 Å². The second-order valence-electron chi connectivity index (χ2n) is 7.11. The van der Waals surface area contributed by atoms with E-state index >= 15 is 0 Å². The monoisotopic (exact) mass is 437 g/mol. The van der Waals surface area contributed by atoms with Gasteiger partial charge in [-0.05, 0) is 30.2 Å².